The Morgan fingerprint density at radius 1 is 1.55 bits per heavy atom. The fraction of sp³-hybridized carbons (Fsp3) is 0.875. The molecule has 0 aliphatic heterocycles. The lowest BCUT2D eigenvalue weighted by atomic mass is 10.1. The van der Waals surface area contributed by atoms with Gasteiger partial charge in [0.2, 0.25) is 5.91 Å². The van der Waals surface area contributed by atoms with E-state index in [4.69, 9.17) is 0 Å². The third-order valence-corrected chi connectivity index (χ3v) is 2.10. The molecule has 0 aromatic carbocycles. The van der Waals surface area contributed by atoms with Gasteiger partial charge in [-0.05, 0) is 12.8 Å². The van der Waals surface area contributed by atoms with Crippen LogP contribution >= 0.6 is 15.9 Å². The molecule has 66 valence electrons. The summed E-state index contributed by atoms with van der Waals surface area (Å²) in [6, 6.07) is 0. The summed E-state index contributed by atoms with van der Waals surface area (Å²) in [5.74, 6) is 0.649. The predicted molar refractivity (Wildman–Crippen MR) is 50.9 cm³/mol. The van der Waals surface area contributed by atoms with Crippen LogP contribution < -0.4 is 5.32 Å². The molecule has 0 bridgehead atoms. The summed E-state index contributed by atoms with van der Waals surface area (Å²) in [6.45, 7) is 6.85. The zero-order valence-electron chi connectivity index (χ0n) is 7.36. The van der Waals surface area contributed by atoms with Crippen molar-refractivity contribution in [2.45, 2.75) is 32.0 Å². The molecule has 0 spiro atoms. The van der Waals surface area contributed by atoms with Crippen molar-refractivity contribution in [1.29, 1.82) is 0 Å². The van der Waals surface area contributed by atoms with E-state index in [0.717, 1.165) is 13.0 Å². The quantitative estimate of drug-likeness (QED) is 0.723. The van der Waals surface area contributed by atoms with E-state index in [2.05, 4.69) is 35.1 Å². The number of hydrogen-bond donors (Lipinski definition) is 1. The minimum absolute atomic E-state index is 0.0744. The smallest absolute Gasteiger partial charge is 0.233 e. The number of rotatable bonds is 4. The Morgan fingerprint density at radius 2 is 2.09 bits per heavy atom. The van der Waals surface area contributed by atoms with Gasteiger partial charge < -0.3 is 5.32 Å². The molecule has 0 fully saturated rings. The molecule has 2 nitrogen and oxygen atoms in total. The summed E-state index contributed by atoms with van der Waals surface area (Å²) in [5.41, 5.74) is 0. The first kappa shape index (κ1) is 11.0. The van der Waals surface area contributed by atoms with Crippen molar-refractivity contribution < 1.29 is 4.79 Å². The third-order valence-electron chi connectivity index (χ3n) is 1.68. The lowest BCUT2D eigenvalue weighted by Gasteiger charge is -2.10. The molecule has 1 amide bonds. The van der Waals surface area contributed by atoms with Crippen LogP contribution in [0.5, 0.6) is 0 Å². The summed E-state index contributed by atoms with van der Waals surface area (Å²) in [5, 5.41) is 2.85. The highest BCUT2D eigenvalue weighted by molar-refractivity contribution is 9.10. The Labute approximate surface area is 76.9 Å². The van der Waals surface area contributed by atoms with Gasteiger partial charge in [0.05, 0.1) is 4.83 Å². The predicted octanol–water partition coefficient (Wildman–Crippen LogP) is 1.93. The molecule has 0 heterocycles. The van der Waals surface area contributed by atoms with Gasteiger partial charge in [-0.1, -0.05) is 36.2 Å². The van der Waals surface area contributed by atoms with Crippen LogP contribution in [0, 0.1) is 5.92 Å². The highest BCUT2D eigenvalue weighted by Gasteiger charge is 2.08. The Balaban J connectivity index is 3.46. The van der Waals surface area contributed by atoms with Gasteiger partial charge in [0.25, 0.3) is 0 Å². The second-order valence-corrected chi connectivity index (χ2v) is 4.25. The van der Waals surface area contributed by atoms with Crippen LogP contribution in [0.2, 0.25) is 0 Å². The van der Waals surface area contributed by atoms with Gasteiger partial charge >= 0.3 is 0 Å². The van der Waals surface area contributed by atoms with Crippen LogP contribution in [0.4, 0.5) is 0 Å². The first-order valence-electron chi connectivity index (χ1n) is 3.99. The molecule has 0 saturated carbocycles. The number of halogens is 1. The molecule has 0 saturated heterocycles. The van der Waals surface area contributed by atoms with Gasteiger partial charge in [-0.25, -0.2) is 0 Å². The molecular weight excluding hydrogens is 206 g/mol. The molecule has 0 aromatic heterocycles. The molecule has 11 heavy (non-hydrogen) atoms. The van der Waals surface area contributed by atoms with E-state index >= 15 is 0 Å². The zero-order chi connectivity index (χ0) is 8.85. The van der Waals surface area contributed by atoms with Crippen molar-refractivity contribution in [2.24, 2.45) is 5.92 Å². The van der Waals surface area contributed by atoms with Crippen molar-refractivity contribution in [3.05, 3.63) is 0 Å². The fourth-order valence-corrected chi connectivity index (χ4v) is 0.722. The summed E-state index contributed by atoms with van der Waals surface area (Å²) >= 11 is 3.20. The Morgan fingerprint density at radius 3 is 2.45 bits per heavy atom. The van der Waals surface area contributed by atoms with E-state index in [1.54, 1.807) is 0 Å². The summed E-state index contributed by atoms with van der Waals surface area (Å²) in [6.07, 6.45) is 1.11. The van der Waals surface area contributed by atoms with Crippen molar-refractivity contribution in [1.82, 2.24) is 5.32 Å². The normalized spacial score (nSPS) is 15.6. The van der Waals surface area contributed by atoms with E-state index in [1.165, 1.54) is 0 Å². The fourth-order valence-electron chi connectivity index (χ4n) is 0.560. The van der Waals surface area contributed by atoms with Crippen LogP contribution in [0.3, 0.4) is 0 Å². The number of carbonyl (C=O) groups is 1. The Kier molecular flexibility index (Phi) is 5.56. The maximum Gasteiger partial charge on any atom is 0.233 e. The molecule has 0 rings (SSSR count). The van der Waals surface area contributed by atoms with Gasteiger partial charge in [-0.15, -0.1) is 0 Å². The summed E-state index contributed by atoms with van der Waals surface area (Å²) in [7, 11) is 0. The lowest BCUT2D eigenvalue weighted by molar-refractivity contribution is -0.120. The molecule has 1 N–H and O–H groups in total. The molecule has 2 unspecified atom stereocenters. The average molecular weight is 222 g/mol. The number of carbonyl (C=O) groups excluding carboxylic acids is 1. The van der Waals surface area contributed by atoms with Gasteiger partial charge in [-0.3, -0.25) is 4.79 Å². The van der Waals surface area contributed by atoms with E-state index in [9.17, 15) is 4.79 Å². The largest absolute Gasteiger partial charge is 0.355 e. The zero-order valence-corrected chi connectivity index (χ0v) is 8.94. The summed E-state index contributed by atoms with van der Waals surface area (Å²) < 4.78 is 0. The third kappa shape index (κ3) is 5.24. The van der Waals surface area contributed by atoms with Crippen molar-refractivity contribution >= 4 is 21.8 Å². The molecule has 2 atom stereocenters. The first-order valence-corrected chi connectivity index (χ1v) is 4.91. The second-order valence-electron chi connectivity index (χ2n) is 2.87. The van der Waals surface area contributed by atoms with Crippen LogP contribution in [-0.4, -0.2) is 17.3 Å². The molecule has 0 aliphatic rings. The van der Waals surface area contributed by atoms with Crippen molar-refractivity contribution in [3.63, 3.8) is 0 Å². The molecular formula is C8H16BrNO. The van der Waals surface area contributed by atoms with Crippen LogP contribution in [-0.2, 0) is 4.79 Å². The molecule has 3 heteroatoms. The highest BCUT2D eigenvalue weighted by atomic mass is 79.9. The molecule has 0 aliphatic carbocycles. The van der Waals surface area contributed by atoms with E-state index in [1.807, 2.05) is 6.92 Å². The standard InChI is InChI=1S/C8H16BrNO/c1-4-6(2)5-10-8(11)7(3)9/h6-7H,4-5H2,1-3H3,(H,10,11). The van der Waals surface area contributed by atoms with Crippen molar-refractivity contribution in [2.75, 3.05) is 6.54 Å². The maximum absolute atomic E-state index is 11.0. The second kappa shape index (κ2) is 5.58. The van der Waals surface area contributed by atoms with E-state index < -0.39 is 0 Å². The van der Waals surface area contributed by atoms with Crippen LogP contribution in [0.25, 0.3) is 0 Å². The average Bonchev–Trinajstić information content (AvgIpc) is 1.99. The van der Waals surface area contributed by atoms with Gasteiger partial charge in [-0.2, -0.15) is 0 Å². The molecule has 0 radical (unpaired) electrons. The SMILES string of the molecule is CCC(C)CNC(=O)C(C)Br. The summed E-state index contributed by atoms with van der Waals surface area (Å²) in [4.78, 5) is 10.9. The number of hydrogen-bond acceptors (Lipinski definition) is 1. The van der Waals surface area contributed by atoms with E-state index in [0.29, 0.717) is 5.92 Å². The Hall–Kier alpha value is -0.0500. The first-order chi connectivity index (χ1) is 5.07. The highest BCUT2D eigenvalue weighted by Crippen LogP contribution is 2.00. The van der Waals surface area contributed by atoms with Crippen LogP contribution in [0.1, 0.15) is 27.2 Å². The van der Waals surface area contributed by atoms with Gasteiger partial charge in [0.15, 0.2) is 0 Å². The minimum Gasteiger partial charge on any atom is -0.355 e. The molecule has 0 aromatic rings. The number of alkyl halides is 1. The van der Waals surface area contributed by atoms with Crippen LogP contribution in [0.15, 0.2) is 0 Å². The maximum atomic E-state index is 11.0. The number of nitrogens with one attached hydrogen (secondary N) is 1. The topological polar surface area (TPSA) is 29.1 Å². The van der Waals surface area contributed by atoms with Gasteiger partial charge in [0.1, 0.15) is 0 Å². The lowest BCUT2D eigenvalue weighted by Crippen LogP contribution is -2.32. The number of amides is 1. The van der Waals surface area contributed by atoms with Gasteiger partial charge in [0, 0.05) is 6.54 Å². The minimum atomic E-state index is -0.0773. The van der Waals surface area contributed by atoms with E-state index in [-0.39, 0.29) is 10.7 Å². The Bertz CT molecular complexity index is 125. The van der Waals surface area contributed by atoms with Crippen molar-refractivity contribution in [3.8, 4) is 0 Å². The monoisotopic (exact) mass is 221 g/mol.